The van der Waals surface area contributed by atoms with Gasteiger partial charge in [0.25, 0.3) is 5.69 Å². The third-order valence-electron chi connectivity index (χ3n) is 4.90. The van der Waals surface area contributed by atoms with E-state index in [0.717, 1.165) is 31.7 Å². The van der Waals surface area contributed by atoms with Gasteiger partial charge in [0.2, 0.25) is 0 Å². The third kappa shape index (κ3) is 3.34. The first-order valence-corrected chi connectivity index (χ1v) is 8.85. The molecule has 1 atom stereocenters. The molecule has 2 aliphatic rings. The van der Waals surface area contributed by atoms with E-state index in [4.69, 9.17) is 0 Å². The average Bonchev–Trinajstić information content (AvgIpc) is 3.04. The van der Waals surface area contributed by atoms with Gasteiger partial charge in [-0.05, 0) is 46.3 Å². The number of benzene rings is 1. The van der Waals surface area contributed by atoms with Crippen molar-refractivity contribution in [3.05, 3.63) is 38.3 Å². The lowest BCUT2D eigenvalue weighted by Gasteiger charge is -2.38. The monoisotopic (exact) mass is 367 g/mol. The molecule has 1 aliphatic carbocycles. The molecular weight excluding hydrogens is 346 g/mol. The van der Waals surface area contributed by atoms with E-state index in [1.807, 2.05) is 6.07 Å². The van der Waals surface area contributed by atoms with E-state index in [1.54, 1.807) is 6.07 Å². The maximum atomic E-state index is 11.2. The second-order valence-corrected chi connectivity index (χ2v) is 7.10. The van der Waals surface area contributed by atoms with Gasteiger partial charge in [-0.1, -0.05) is 18.9 Å². The molecule has 0 bridgehead atoms. The van der Waals surface area contributed by atoms with Crippen LogP contribution in [0.3, 0.4) is 0 Å². The fourth-order valence-corrected chi connectivity index (χ4v) is 4.26. The lowest BCUT2D eigenvalue weighted by molar-refractivity contribution is -0.385. The molecule has 1 saturated carbocycles. The van der Waals surface area contributed by atoms with Crippen molar-refractivity contribution in [2.24, 2.45) is 5.92 Å². The molecule has 0 aromatic heterocycles. The highest BCUT2D eigenvalue weighted by atomic mass is 79.9. The second kappa shape index (κ2) is 7.06. The lowest BCUT2D eigenvalue weighted by atomic mass is 9.89. The van der Waals surface area contributed by atoms with E-state index < -0.39 is 0 Å². The second-order valence-electron chi connectivity index (χ2n) is 6.24. The Bertz CT molecular complexity index is 540. The normalized spacial score (nSPS) is 21.9. The Balaban J connectivity index is 1.93. The number of halogens is 1. The molecular formula is C16H22BrN3O2. The zero-order valence-corrected chi connectivity index (χ0v) is 14.2. The number of piperazine rings is 1. The molecule has 1 N–H and O–H groups in total. The van der Waals surface area contributed by atoms with Gasteiger partial charge in [0.1, 0.15) is 0 Å². The van der Waals surface area contributed by atoms with E-state index in [0.29, 0.717) is 16.4 Å². The summed E-state index contributed by atoms with van der Waals surface area (Å²) in [7, 11) is 0. The molecule has 1 heterocycles. The van der Waals surface area contributed by atoms with Gasteiger partial charge in [-0.2, -0.15) is 0 Å². The maximum absolute atomic E-state index is 11.2. The van der Waals surface area contributed by atoms with Gasteiger partial charge in [-0.15, -0.1) is 0 Å². The molecule has 0 spiro atoms. The zero-order valence-electron chi connectivity index (χ0n) is 12.6. The first kappa shape index (κ1) is 15.9. The van der Waals surface area contributed by atoms with Crippen molar-refractivity contribution in [3.63, 3.8) is 0 Å². The molecule has 0 unspecified atom stereocenters. The minimum atomic E-state index is -0.295. The molecule has 0 radical (unpaired) electrons. The molecule has 0 amide bonds. The summed E-state index contributed by atoms with van der Waals surface area (Å²) >= 11 is 3.29. The van der Waals surface area contributed by atoms with Crippen molar-refractivity contribution >= 4 is 21.6 Å². The topological polar surface area (TPSA) is 58.4 Å². The van der Waals surface area contributed by atoms with Crippen LogP contribution < -0.4 is 5.32 Å². The molecule has 6 heteroatoms. The van der Waals surface area contributed by atoms with E-state index in [2.05, 4.69) is 32.2 Å². The van der Waals surface area contributed by atoms with Crippen LogP contribution in [0.4, 0.5) is 5.69 Å². The van der Waals surface area contributed by atoms with Gasteiger partial charge in [0.05, 0.1) is 9.40 Å². The van der Waals surface area contributed by atoms with Crippen LogP contribution in [0.1, 0.15) is 37.3 Å². The van der Waals surface area contributed by atoms with Gasteiger partial charge in [0.15, 0.2) is 0 Å². The number of hydrogen-bond acceptors (Lipinski definition) is 4. The van der Waals surface area contributed by atoms with E-state index in [9.17, 15) is 10.1 Å². The first-order valence-electron chi connectivity index (χ1n) is 8.05. The summed E-state index contributed by atoms with van der Waals surface area (Å²) in [6, 6.07) is 5.98. The number of nitrogens with one attached hydrogen (secondary N) is 1. The number of nitro benzene ring substituents is 1. The predicted octanol–water partition coefficient (Wildman–Crippen LogP) is 3.49. The van der Waals surface area contributed by atoms with Crippen LogP contribution in [-0.2, 0) is 0 Å². The molecule has 1 aromatic rings. The third-order valence-corrected chi connectivity index (χ3v) is 5.57. The fraction of sp³-hybridized carbons (Fsp3) is 0.625. The number of nitrogens with zero attached hydrogens (tertiary/aromatic N) is 2. The number of hydrogen-bond donors (Lipinski definition) is 1. The van der Waals surface area contributed by atoms with Crippen LogP contribution in [0.2, 0.25) is 0 Å². The standard InChI is InChI=1S/C16H22BrN3O2/c17-14-6-5-13(11-15(14)20(21)22)16(12-3-1-2-4-12)19-9-7-18-8-10-19/h5-6,11-12,16,18H,1-4,7-10H2/t16-/m1/s1. The quantitative estimate of drug-likeness (QED) is 0.653. The first-order chi connectivity index (χ1) is 10.7. The smallest absolute Gasteiger partial charge is 0.283 e. The van der Waals surface area contributed by atoms with E-state index in [-0.39, 0.29) is 10.6 Å². The zero-order chi connectivity index (χ0) is 15.5. The van der Waals surface area contributed by atoms with Crippen LogP contribution in [0.5, 0.6) is 0 Å². The number of nitro groups is 1. The Morgan fingerprint density at radius 1 is 1.27 bits per heavy atom. The molecule has 1 aromatic carbocycles. The van der Waals surface area contributed by atoms with Crippen LogP contribution in [0, 0.1) is 16.0 Å². The summed E-state index contributed by atoms with van der Waals surface area (Å²) < 4.78 is 0.562. The Kier molecular flexibility index (Phi) is 5.10. The van der Waals surface area contributed by atoms with Gasteiger partial charge in [-0.3, -0.25) is 15.0 Å². The molecule has 120 valence electrons. The summed E-state index contributed by atoms with van der Waals surface area (Å²) in [6.07, 6.45) is 5.04. The maximum Gasteiger partial charge on any atom is 0.283 e. The molecule has 5 nitrogen and oxygen atoms in total. The van der Waals surface area contributed by atoms with Crippen molar-refractivity contribution in [3.8, 4) is 0 Å². The highest BCUT2D eigenvalue weighted by molar-refractivity contribution is 9.10. The van der Waals surface area contributed by atoms with Gasteiger partial charge < -0.3 is 5.32 Å². The fourth-order valence-electron chi connectivity index (χ4n) is 3.87. The van der Waals surface area contributed by atoms with Crippen molar-refractivity contribution < 1.29 is 4.92 Å². The Morgan fingerprint density at radius 2 is 1.95 bits per heavy atom. The van der Waals surface area contributed by atoms with Crippen molar-refractivity contribution in [2.45, 2.75) is 31.7 Å². The van der Waals surface area contributed by atoms with Gasteiger partial charge in [0, 0.05) is 38.3 Å². The number of rotatable bonds is 4. The SMILES string of the molecule is O=[N+]([O-])c1cc([C@@H](C2CCCC2)N2CCNCC2)ccc1Br. The minimum Gasteiger partial charge on any atom is -0.314 e. The molecule has 1 saturated heterocycles. The molecule has 2 fully saturated rings. The van der Waals surface area contributed by atoms with Crippen LogP contribution in [0.25, 0.3) is 0 Å². The van der Waals surface area contributed by atoms with E-state index >= 15 is 0 Å². The van der Waals surface area contributed by atoms with Gasteiger partial charge >= 0.3 is 0 Å². The minimum absolute atomic E-state index is 0.177. The largest absolute Gasteiger partial charge is 0.314 e. The van der Waals surface area contributed by atoms with Crippen molar-refractivity contribution in [2.75, 3.05) is 26.2 Å². The van der Waals surface area contributed by atoms with Crippen molar-refractivity contribution in [1.82, 2.24) is 10.2 Å². The highest BCUT2D eigenvalue weighted by Gasteiger charge is 2.32. The highest BCUT2D eigenvalue weighted by Crippen LogP contribution is 2.41. The average molecular weight is 368 g/mol. The van der Waals surface area contributed by atoms with Gasteiger partial charge in [-0.25, -0.2) is 0 Å². The van der Waals surface area contributed by atoms with Crippen LogP contribution >= 0.6 is 15.9 Å². The summed E-state index contributed by atoms with van der Waals surface area (Å²) in [5.74, 6) is 0.624. The molecule has 1 aliphatic heterocycles. The van der Waals surface area contributed by atoms with Crippen LogP contribution in [-0.4, -0.2) is 36.0 Å². The predicted molar refractivity (Wildman–Crippen MR) is 89.9 cm³/mol. The van der Waals surface area contributed by atoms with E-state index in [1.165, 1.54) is 25.7 Å². The summed E-state index contributed by atoms with van der Waals surface area (Å²) in [6.45, 7) is 4.04. The summed E-state index contributed by atoms with van der Waals surface area (Å²) in [5, 5.41) is 14.6. The Morgan fingerprint density at radius 3 is 2.59 bits per heavy atom. The van der Waals surface area contributed by atoms with Crippen LogP contribution in [0.15, 0.2) is 22.7 Å². The molecule has 3 rings (SSSR count). The molecule has 22 heavy (non-hydrogen) atoms. The Labute approximate surface area is 139 Å². The summed E-state index contributed by atoms with van der Waals surface area (Å²) in [5.41, 5.74) is 1.28. The van der Waals surface area contributed by atoms with Crippen molar-refractivity contribution in [1.29, 1.82) is 0 Å². The lowest BCUT2D eigenvalue weighted by Crippen LogP contribution is -2.46. The Hall–Kier alpha value is -0.980. The summed E-state index contributed by atoms with van der Waals surface area (Å²) in [4.78, 5) is 13.5.